The van der Waals surface area contributed by atoms with Crippen LogP contribution in [0.2, 0.25) is 0 Å². The minimum atomic E-state index is -0.0329. The Bertz CT molecular complexity index is 444. The van der Waals surface area contributed by atoms with Crippen molar-refractivity contribution in [3.8, 4) is 0 Å². The number of allylic oxidation sites excluding steroid dienone is 1. The molecule has 92 valence electrons. The minimum Gasteiger partial charge on any atom is -0.429 e. The van der Waals surface area contributed by atoms with E-state index in [1.54, 1.807) is 6.92 Å². The predicted octanol–water partition coefficient (Wildman–Crippen LogP) is 3.44. The lowest BCUT2D eigenvalue weighted by Gasteiger charge is -2.13. The smallest absolute Gasteiger partial charge is 0.333 e. The number of nitrogens with zero attached hydrogens (tertiary/aromatic N) is 1. The van der Waals surface area contributed by atoms with E-state index in [-0.39, 0.29) is 6.02 Å². The summed E-state index contributed by atoms with van der Waals surface area (Å²) in [7, 11) is 0. The molecule has 0 aromatic heterocycles. The number of anilines is 1. The molecular formula is C12H15ClN2O2. The molecule has 4 nitrogen and oxygen atoms in total. The number of hydrogen-bond acceptors (Lipinski definition) is 3. The topological polar surface area (TPSA) is 53.9 Å². The molecule has 0 atom stereocenters. The van der Waals surface area contributed by atoms with E-state index < -0.39 is 0 Å². The number of benzene rings is 1. The Hall–Kier alpha value is -1.68. The van der Waals surface area contributed by atoms with Crippen molar-refractivity contribution in [1.29, 1.82) is 0 Å². The van der Waals surface area contributed by atoms with Crippen LogP contribution in [0, 0.1) is 6.92 Å². The molecule has 0 saturated heterocycles. The number of amidine groups is 1. The highest BCUT2D eigenvalue weighted by Crippen LogP contribution is 2.21. The second-order valence-electron chi connectivity index (χ2n) is 3.57. The lowest BCUT2D eigenvalue weighted by molar-refractivity contribution is 0.290. The number of halogens is 1. The van der Waals surface area contributed by atoms with Crippen LogP contribution in [0.5, 0.6) is 0 Å². The molecule has 0 bridgehead atoms. The molecule has 0 aliphatic rings. The van der Waals surface area contributed by atoms with E-state index in [4.69, 9.17) is 21.5 Å². The van der Waals surface area contributed by atoms with E-state index in [0.29, 0.717) is 11.6 Å². The van der Waals surface area contributed by atoms with E-state index in [1.807, 2.05) is 25.1 Å². The molecule has 0 unspecified atom stereocenters. The van der Waals surface area contributed by atoms with Gasteiger partial charge in [-0.2, -0.15) is 0 Å². The highest BCUT2D eigenvalue weighted by Gasteiger charge is 2.08. The van der Waals surface area contributed by atoms with Gasteiger partial charge in [0.1, 0.15) is 0 Å². The van der Waals surface area contributed by atoms with E-state index >= 15 is 0 Å². The summed E-state index contributed by atoms with van der Waals surface area (Å²) in [6.07, 6.45) is 0. The first-order chi connectivity index (χ1) is 8.08. The van der Waals surface area contributed by atoms with Gasteiger partial charge in [0.25, 0.3) is 0 Å². The maximum atomic E-state index is 8.80. The summed E-state index contributed by atoms with van der Waals surface area (Å²) < 4.78 is 5.09. The van der Waals surface area contributed by atoms with Crippen LogP contribution in [0.3, 0.4) is 0 Å². The van der Waals surface area contributed by atoms with Crippen molar-refractivity contribution in [3.63, 3.8) is 0 Å². The van der Waals surface area contributed by atoms with Crippen LogP contribution in [-0.4, -0.2) is 11.2 Å². The standard InChI is InChI=1S/C12H15ClN2O2/c1-8(2)17-12(15-16)14-11-6-4-5-9(3)10(11)7-13/h4-6,16H,1,7H2,2-3H3,(H,14,15). The molecule has 5 heteroatoms. The minimum absolute atomic E-state index is 0.0329. The summed E-state index contributed by atoms with van der Waals surface area (Å²) in [6.45, 7) is 7.18. The van der Waals surface area contributed by atoms with Crippen molar-refractivity contribution in [3.05, 3.63) is 41.7 Å². The molecule has 0 amide bonds. The summed E-state index contributed by atoms with van der Waals surface area (Å²) in [5.74, 6) is 0.784. The van der Waals surface area contributed by atoms with Crippen molar-refractivity contribution in [2.45, 2.75) is 19.7 Å². The fraction of sp³-hybridized carbons (Fsp3) is 0.250. The lowest BCUT2D eigenvalue weighted by atomic mass is 10.1. The van der Waals surface area contributed by atoms with Gasteiger partial charge in [-0.05, 0) is 36.2 Å². The molecule has 17 heavy (non-hydrogen) atoms. The molecule has 1 rings (SSSR count). The van der Waals surface area contributed by atoms with E-state index in [1.165, 1.54) is 0 Å². The highest BCUT2D eigenvalue weighted by molar-refractivity contribution is 6.17. The number of aryl methyl sites for hydroxylation is 1. The van der Waals surface area contributed by atoms with E-state index in [9.17, 15) is 0 Å². The molecular weight excluding hydrogens is 240 g/mol. The molecule has 0 aliphatic carbocycles. The Morgan fingerprint density at radius 2 is 2.29 bits per heavy atom. The average Bonchev–Trinajstić information content (AvgIpc) is 2.28. The molecule has 1 aromatic rings. The van der Waals surface area contributed by atoms with Gasteiger partial charge in [-0.1, -0.05) is 18.7 Å². The Balaban J connectivity index is 2.94. The first-order valence-corrected chi connectivity index (χ1v) is 5.58. The predicted molar refractivity (Wildman–Crippen MR) is 69.5 cm³/mol. The molecule has 1 aromatic carbocycles. The summed E-state index contributed by atoms with van der Waals surface area (Å²) in [5, 5.41) is 14.7. The summed E-state index contributed by atoms with van der Waals surface area (Å²) >= 11 is 5.87. The maximum absolute atomic E-state index is 8.80. The zero-order valence-electron chi connectivity index (χ0n) is 9.83. The maximum Gasteiger partial charge on any atom is 0.333 e. The molecule has 0 heterocycles. The molecule has 0 fully saturated rings. The van der Waals surface area contributed by atoms with Gasteiger partial charge in [0.15, 0.2) is 0 Å². The largest absolute Gasteiger partial charge is 0.429 e. The average molecular weight is 255 g/mol. The number of rotatable bonds is 3. The Morgan fingerprint density at radius 3 is 2.82 bits per heavy atom. The van der Waals surface area contributed by atoms with Crippen molar-refractivity contribution in [1.82, 2.24) is 0 Å². The highest BCUT2D eigenvalue weighted by atomic mass is 35.5. The molecule has 0 saturated carbocycles. The Labute approximate surface area is 106 Å². The fourth-order valence-corrected chi connectivity index (χ4v) is 1.70. The van der Waals surface area contributed by atoms with Crippen LogP contribution in [0.4, 0.5) is 5.69 Å². The third-order valence-corrected chi connectivity index (χ3v) is 2.41. The Morgan fingerprint density at radius 1 is 1.59 bits per heavy atom. The van der Waals surface area contributed by atoms with Crippen molar-refractivity contribution in [2.75, 3.05) is 5.32 Å². The number of hydrogen-bond donors (Lipinski definition) is 2. The quantitative estimate of drug-likeness (QED) is 0.217. The SMILES string of the molecule is C=C(C)OC(=NO)Nc1cccc(C)c1CCl. The monoisotopic (exact) mass is 254 g/mol. The van der Waals surface area contributed by atoms with Crippen LogP contribution in [0.1, 0.15) is 18.1 Å². The molecule has 0 radical (unpaired) electrons. The molecule has 2 N–H and O–H groups in total. The van der Waals surface area contributed by atoms with Crippen LogP contribution in [0.25, 0.3) is 0 Å². The zero-order chi connectivity index (χ0) is 12.8. The van der Waals surface area contributed by atoms with Gasteiger partial charge >= 0.3 is 6.02 Å². The van der Waals surface area contributed by atoms with Gasteiger partial charge in [0.2, 0.25) is 0 Å². The van der Waals surface area contributed by atoms with Gasteiger partial charge in [-0.15, -0.1) is 11.6 Å². The van der Waals surface area contributed by atoms with E-state index in [2.05, 4.69) is 17.1 Å². The van der Waals surface area contributed by atoms with Crippen molar-refractivity contribution in [2.24, 2.45) is 5.16 Å². The van der Waals surface area contributed by atoms with Crippen LogP contribution < -0.4 is 5.32 Å². The summed E-state index contributed by atoms with van der Waals surface area (Å²) in [6, 6.07) is 5.63. The van der Waals surface area contributed by atoms with Gasteiger partial charge < -0.3 is 15.3 Å². The first kappa shape index (κ1) is 13.4. The van der Waals surface area contributed by atoms with Crippen molar-refractivity contribution >= 4 is 23.3 Å². The van der Waals surface area contributed by atoms with Crippen molar-refractivity contribution < 1.29 is 9.94 Å². The first-order valence-electron chi connectivity index (χ1n) is 5.05. The summed E-state index contributed by atoms with van der Waals surface area (Å²) in [5.41, 5.74) is 2.73. The van der Waals surface area contributed by atoms with Gasteiger partial charge in [0.05, 0.1) is 5.76 Å². The normalized spacial score (nSPS) is 11.1. The van der Waals surface area contributed by atoms with Crippen LogP contribution >= 0.6 is 11.6 Å². The second kappa shape index (κ2) is 6.15. The lowest BCUT2D eigenvalue weighted by Crippen LogP contribution is -2.16. The molecule has 0 aliphatic heterocycles. The number of nitrogens with one attached hydrogen (secondary N) is 1. The van der Waals surface area contributed by atoms with Gasteiger partial charge in [0, 0.05) is 11.6 Å². The number of alkyl halides is 1. The van der Waals surface area contributed by atoms with Crippen LogP contribution in [0.15, 0.2) is 35.7 Å². The molecule has 0 spiro atoms. The second-order valence-corrected chi connectivity index (χ2v) is 3.84. The fourth-order valence-electron chi connectivity index (χ4n) is 1.35. The summed E-state index contributed by atoms with van der Waals surface area (Å²) in [4.78, 5) is 0. The zero-order valence-corrected chi connectivity index (χ0v) is 10.6. The third kappa shape index (κ3) is 3.67. The van der Waals surface area contributed by atoms with E-state index in [0.717, 1.165) is 16.8 Å². The number of oxime groups is 1. The van der Waals surface area contributed by atoms with Gasteiger partial charge in [-0.25, -0.2) is 0 Å². The van der Waals surface area contributed by atoms with Crippen LogP contribution in [-0.2, 0) is 10.6 Å². The number of ether oxygens (including phenoxy) is 1. The third-order valence-electron chi connectivity index (χ3n) is 2.15. The Kier molecular flexibility index (Phi) is 4.84. The van der Waals surface area contributed by atoms with Gasteiger partial charge in [-0.3, -0.25) is 0 Å².